The SMILES string of the molecule is OC1(Cc2ccc(F)cn2)CCCNC1. The van der Waals surface area contributed by atoms with E-state index < -0.39 is 5.60 Å². The van der Waals surface area contributed by atoms with Crippen LogP contribution in [0.25, 0.3) is 0 Å². The molecule has 1 fully saturated rings. The van der Waals surface area contributed by atoms with Crippen LogP contribution in [0.4, 0.5) is 4.39 Å². The molecule has 2 rings (SSSR count). The summed E-state index contributed by atoms with van der Waals surface area (Å²) in [4.78, 5) is 3.95. The Morgan fingerprint density at radius 3 is 3.00 bits per heavy atom. The summed E-state index contributed by atoms with van der Waals surface area (Å²) in [5.41, 5.74) is 0.0194. The van der Waals surface area contributed by atoms with E-state index in [2.05, 4.69) is 10.3 Å². The van der Waals surface area contributed by atoms with Crippen LogP contribution in [-0.4, -0.2) is 28.8 Å². The van der Waals surface area contributed by atoms with Crippen LogP contribution < -0.4 is 5.32 Å². The van der Waals surface area contributed by atoms with Gasteiger partial charge in [0.2, 0.25) is 0 Å². The van der Waals surface area contributed by atoms with Gasteiger partial charge in [0.25, 0.3) is 0 Å². The first-order chi connectivity index (χ1) is 7.18. The Hall–Kier alpha value is -1.00. The van der Waals surface area contributed by atoms with Gasteiger partial charge in [-0.15, -0.1) is 0 Å². The maximum atomic E-state index is 12.6. The molecule has 0 amide bonds. The van der Waals surface area contributed by atoms with E-state index in [1.807, 2.05) is 0 Å². The van der Waals surface area contributed by atoms with Gasteiger partial charge < -0.3 is 10.4 Å². The van der Waals surface area contributed by atoms with Crippen molar-refractivity contribution in [3.8, 4) is 0 Å². The molecule has 82 valence electrons. The molecule has 1 atom stereocenters. The normalized spacial score (nSPS) is 26.5. The molecule has 0 spiro atoms. The Kier molecular flexibility index (Phi) is 2.98. The lowest BCUT2D eigenvalue weighted by molar-refractivity contribution is 0.0161. The number of rotatable bonds is 2. The van der Waals surface area contributed by atoms with E-state index in [-0.39, 0.29) is 5.82 Å². The van der Waals surface area contributed by atoms with Crippen molar-refractivity contribution >= 4 is 0 Å². The number of hydrogen-bond donors (Lipinski definition) is 2. The van der Waals surface area contributed by atoms with E-state index >= 15 is 0 Å². The van der Waals surface area contributed by atoms with E-state index in [4.69, 9.17) is 0 Å². The van der Waals surface area contributed by atoms with Crippen molar-refractivity contribution in [2.75, 3.05) is 13.1 Å². The lowest BCUT2D eigenvalue weighted by Gasteiger charge is -2.32. The lowest BCUT2D eigenvalue weighted by atomic mass is 9.89. The molecule has 2 N–H and O–H groups in total. The van der Waals surface area contributed by atoms with Crippen molar-refractivity contribution in [3.63, 3.8) is 0 Å². The third-order valence-electron chi connectivity index (χ3n) is 2.75. The zero-order valence-electron chi connectivity index (χ0n) is 8.54. The van der Waals surface area contributed by atoms with Gasteiger partial charge in [-0.3, -0.25) is 4.98 Å². The Bertz CT molecular complexity index is 320. The molecule has 1 aromatic rings. The van der Waals surface area contributed by atoms with Crippen LogP contribution in [0.1, 0.15) is 18.5 Å². The highest BCUT2D eigenvalue weighted by atomic mass is 19.1. The fourth-order valence-electron chi connectivity index (χ4n) is 1.95. The average Bonchev–Trinajstić information content (AvgIpc) is 2.22. The summed E-state index contributed by atoms with van der Waals surface area (Å²) in [5, 5.41) is 13.4. The maximum absolute atomic E-state index is 12.6. The van der Waals surface area contributed by atoms with E-state index in [0.29, 0.717) is 13.0 Å². The Morgan fingerprint density at radius 1 is 1.53 bits per heavy atom. The minimum absolute atomic E-state index is 0.340. The molecule has 1 aliphatic rings. The Balaban J connectivity index is 2.03. The third kappa shape index (κ3) is 2.73. The summed E-state index contributed by atoms with van der Waals surface area (Å²) in [6, 6.07) is 3.00. The van der Waals surface area contributed by atoms with Crippen LogP contribution >= 0.6 is 0 Å². The van der Waals surface area contributed by atoms with Crippen LogP contribution in [0.3, 0.4) is 0 Å². The fraction of sp³-hybridized carbons (Fsp3) is 0.545. The fourth-order valence-corrected chi connectivity index (χ4v) is 1.95. The Labute approximate surface area is 88.3 Å². The van der Waals surface area contributed by atoms with Gasteiger partial charge in [-0.05, 0) is 31.5 Å². The molecule has 1 saturated heterocycles. The summed E-state index contributed by atoms with van der Waals surface area (Å²) in [5.74, 6) is -0.340. The number of nitrogens with one attached hydrogen (secondary N) is 1. The molecule has 0 saturated carbocycles. The predicted molar refractivity (Wildman–Crippen MR) is 55.0 cm³/mol. The van der Waals surface area contributed by atoms with Crippen LogP contribution in [-0.2, 0) is 6.42 Å². The molecule has 0 aromatic carbocycles. The topological polar surface area (TPSA) is 45.2 Å². The van der Waals surface area contributed by atoms with Crippen LogP contribution in [0, 0.1) is 5.82 Å². The van der Waals surface area contributed by atoms with E-state index in [1.54, 1.807) is 6.07 Å². The van der Waals surface area contributed by atoms with Crippen molar-refractivity contribution in [2.45, 2.75) is 24.9 Å². The number of pyridine rings is 1. The monoisotopic (exact) mass is 210 g/mol. The summed E-state index contributed by atoms with van der Waals surface area (Å²) in [7, 11) is 0. The summed E-state index contributed by atoms with van der Waals surface area (Å²) < 4.78 is 12.6. The molecule has 4 heteroatoms. The van der Waals surface area contributed by atoms with Crippen molar-refractivity contribution in [3.05, 3.63) is 29.8 Å². The highest BCUT2D eigenvalue weighted by Gasteiger charge is 2.29. The van der Waals surface area contributed by atoms with E-state index in [1.165, 1.54) is 12.3 Å². The van der Waals surface area contributed by atoms with Crippen molar-refractivity contribution in [2.24, 2.45) is 0 Å². The molecule has 3 nitrogen and oxygen atoms in total. The second-order valence-electron chi connectivity index (χ2n) is 4.15. The van der Waals surface area contributed by atoms with Gasteiger partial charge in [0.1, 0.15) is 5.82 Å². The van der Waals surface area contributed by atoms with Gasteiger partial charge in [0.15, 0.2) is 0 Å². The smallest absolute Gasteiger partial charge is 0.141 e. The first-order valence-corrected chi connectivity index (χ1v) is 5.22. The molecule has 1 unspecified atom stereocenters. The van der Waals surface area contributed by atoms with Crippen LogP contribution in [0.2, 0.25) is 0 Å². The number of aromatic nitrogens is 1. The maximum Gasteiger partial charge on any atom is 0.141 e. The molecule has 0 radical (unpaired) electrons. The zero-order valence-corrected chi connectivity index (χ0v) is 8.54. The number of halogens is 1. The standard InChI is InChI=1S/C11H15FN2O/c12-9-2-3-10(14-7-9)6-11(15)4-1-5-13-8-11/h2-3,7,13,15H,1,4-6,8H2. The summed E-state index contributed by atoms with van der Waals surface area (Å²) in [6.45, 7) is 1.55. The number of β-amino-alcohol motifs (C(OH)–C–C–N with tert-alkyl or cyclic N) is 1. The van der Waals surface area contributed by atoms with Crippen molar-refractivity contribution < 1.29 is 9.50 Å². The molecule has 0 aliphatic carbocycles. The quantitative estimate of drug-likeness (QED) is 0.761. The van der Waals surface area contributed by atoms with E-state index in [0.717, 1.165) is 25.1 Å². The number of piperidine rings is 1. The first kappa shape index (κ1) is 10.5. The second-order valence-corrected chi connectivity index (χ2v) is 4.15. The van der Waals surface area contributed by atoms with Gasteiger partial charge in [0, 0.05) is 18.7 Å². The van der Waals surface area contributed by atoms with E-state index in [9.17, 15) is 9.50 Å². The predicted octanol–water partition coefficient (Wildman–Crippen LogP) is 0.878. The minimum Gasteiger partial charge on any atom is -0.388 e. The number of nitrogens with zero attached hydrogens (tertiary/aromatic N) is 1. The van der Waals surface area contributed by atoms with Gasteiger partial charge >= 0.3 is 0 Å². The van der Waals surface area contributed by atoms with Crippen LogP contribution in [0.5, 0.6) is 0 Å². The van der Waals surface area contributed by atoms with Gasteiger partial charge in [-0.2, -0.15) is 0 Å². The molecular formula is C11H15FN2O. The zero-order chi connectivity index (χ0) is 10.7. The molecule has 1 aliphatic heterocycles. The Morgan fingerprint density at radius 2 is 2.40 bits per heavy atom. The minimum atomic E-state index is -0.719. The first-order valence-electron chi connectivity index (χ1n) is 5.22. The summed E-state index contributed by atoms with van der Waals surface area (Å²) >= 11 is 0. The van der Waals surface area contributed by atoms with Gasteiger partial charge in [-0.1, -0.05) is 0 Å². The number of aliphatic hydroxyl groups is 1. The average molecular weight is 210 g/mol. The molecule has 15 heavy (non-hydrogen) atoms. The van der Waals surface area contributed by atoms with Crippen molar-refractivity contribution in [1.82, 2.24) is 10.3 Å². The van der Waals surface area contributed by atoms with Gasteiger partial charge in [0.05, 0.1) is 11.8 Å². The highest BCUT2D eigenvalue weighted by Crippen LogP contribution is 2.20. The van der Waals surface area contributed by atoms with Crippen molar-refractivity contribution in [1.29, 1.82) is 0 Å². The third-order valence-corrected chi connectivity index (χ3v) is 2.75. The largest absolute Gasteiger partial charge is 0.388 e. The molecule has 2 heterocycles. The molecule has 1 aromatic heterocycles. The lowest BCUT2D eigenvalue weighted by Crippen LogP contribution is -2.47. The van der Waals surface area contributed by atoms with Gasteiger partial charge in [-0.25, -0.2) is 4.39 Å². The summed E-state index contributed by atoms with van der Waals surface area (Å²) in [6.07, 6.45) is 3.42. The molecular weight excluding hydrogens is 195 g/mol. The highest BCUT2D eigenvalue weighted by molar-refractivity contribution is 5.09. The molecule has 0 bridgehead atoms. The number of hydrogen-bond acceptors (Lipinski definition) is 3. The van der Waals surface area contributed by atoms with Crippen LogP contribution in [0.15, 0.2) is 18.3 Å². The second kappa shape index (κ2) is 4.24.